The third-order valence-electron chi connectivity index (χ3n) is 3.11. The van der Waals surface area contributed by atoms with Gasteiger partial charge in [0.1, 0.15) is 4.32 Å². The van der Waals surface area contributed by atoms with Crippen molar-refractivity contribution in [1.82, 2.24) is 9.88 Å². The van der Waals surface area contributed by atoms with Gasteiger partial charge in [-0.1, -0.05) is 36.1 Å². The van der Waals surface area contributed by atoms with Crippen LogP contribution in [0.1, 0.15) is 15.9 Å². The van der Waals surface area contributed by atoms with E-state index in [0.717, 1.165) is 5.56 Å². The zero-order chi connectivity index (χ0) is 16.4. The van der Waals surface area contributed by atoms with Gasteiger partial charge in [-0.25, -0.2) is 4.98 Å². The number of anilines is 1. The molecule has 1 aromatic heterocycles. The third kappa shape index (κ3) is 3.49. The van der Waals surface area contributed by atoms with Crippen LogP contribution in [-0.4, -0.2) is 33.1 Å². The SMILES string of the molecule is CN1C(=O)/C(=C/c2ccc(C(=O)Nc3nccs3)cc2)SC1=S. The Balaban J connectivity index is 1.74. The van der Waals surface area contributed by atoms with E-state index in [9.17, 15) is 9.59 Å². The number of benzene rings is 1. The van der Waals surface area contributed by atoms with Crippen LogP contribution >= 0.6 is 35.3 Å². The molecule has 1 N–H and O–H groups in total. The fraction of sp³-hybridized carbons (Fsp3) is 0.0667. The number of likely N-dealkylation sites (N-methyl/N-ethyl adjacent to an activating group) is 1. The Morgan fingerprint density at radius 1 is 1.35 bits per heavy atom. The van der Waals surface area contributed by atoms with Crippen molar-refractivity contribution in [2.45, 2.75) is 0 Å². The Morgan fingerprint density at radius 3 is 2.65 bits per heavy atom. The van der Waals surface area contributed by atoms with Gasteiger partial charge in [-0.2, -0.15) is 0 Å². The van der Waals surface area contributed by atoms with E-state index in [1.807, 2.05) is 0 Å². The summed E-state index contributed by atoms with van der Waals surface area (Å²) >= 11 is 7.73. The summed E-state index contributed by atoms with van der Waals surface area (Å²) < 4.78 is 0.542. The molecule has 0 bridgehead atoms. The topological polar surface area (TPSA) is 62.3 Å². The molecule has 2 aromatic rings. The van der Waals surface area contributed by atoms with Gasteiger partial charge in [-0.3, -0.25) is 19.8 Å². The van der Waals surface area contributed by atoms with E-state index < -0.39 is 0 Å². The van der Waals surface area contributed by atoms with E-state index in [2.05, 4.69) is 10.3 Å². The van der Waals surface area contributed by atoms with Crippen LogP contribution in [0.4, 0.5) is 5.13 Å². The molecule has 1 fully saturated rings. The average Bonchev–Trinajstić information content (AvgIpc) is 3.13. The molecule has 5 nitrogen and oxygen atoms in total. The summed E-state index contributed by atoms with van der Waals surface area (Å²) in [6.07, 6.45) is 3.40. The molecular formula is C15H11N3O2S3. The predicted octanol–water partition coefficient (Wildman–Crippen LogP) is 3.23. The minimum absolute atomic E-state index is 0.106. The number of nitrogens with zero attached hydrogens (tertiary/aromatic N) is 2. The zero-order valence-electron chi connectivity index (χ0n) is 12.0. The molecule has 1 aliphatic heterocycles. The molecule has 1 aromatic carbocycles. The van der Waals surface area contributed by atoms with Crippen LogP contribution in [0.5, 0.6) is 0 Å². The van der Waals surface area contributed by atoms with Crippen molar-refractivity contribution in [3.63, 3.8) is 0 Å². The highest BCUT2D eigenvalue weighted by atomic mass is 32.2. The monoisotopic (exact) mass is 361 g/mol. The molecule has 0 spiro atoms. The Labute approximate surface area is 146 Å². The lowest BCUT2D eigenvalue weighted by molar-refractivity contribution is -0.121. The number of rotatable bonds is 3. The van der Waals surface area contributed by atoms with Gasteiger partial charge >= 0.3 is 0 Å². The van der Waals surface area contributed by atoms with Gasteiger partial charge in [0.15, 0.2) is 5.13 Å². The molecule has 116 valence electrons. The van der Waals surface area contributed by atoms with E-state index in [-0.39, 0.29) is 11.8 Å². The maximum absolute atomic E-state index is 12.1. The van der Waals surface area contributed by atoms with Crippen LogP contribution in [0.3, 0.4) is 0 Å². The Kier molecular flexibility index (Phi) is 4.56. The smallest absolute Gasteiger partial charge is 0.265 e. The van der Waals surface area contributed by atoms with Crippen molar-refractivity contribution in [3.8, 4) is 0 Å². The number of carbonyl (C=O) groups is 2. The molecule has 3 rings (SSSR count). The summed E-state index contributed by atoms with van der Waals surface area (Å²) in [5.74, 6) is -0.322. The van der Waals surface area contributed by atoms with Crippen LogP contribution in [0.25, 0.3) is 6.08 Å². The number of carbonyl (C=O) groups excluding carboxylic acids is 2. The number of hydrogen-bond acceptors (Lipinski definition) is 6. The van der Waals surface area contributed by atoms with Gasteiger partial charge in [0.2, 0.25) is 0 Å². The van der Waals surface area contributed by atoms with Crippen LogP contribution < -0.4 is 5.32 Å². The number of aromatic nitrogens is 1. The summed E-state index contributed by atoms with van der Waals surface area (Å²) in [7, 11) is 1.66. The molecule has 8 heteroatoms. The first kappa shape index (κ1) is 15.9. The molecule has 0 saturated carbocycles. The molecule has 0 radical (unpaired) electrons. The van der Waals surface area contributed by atoms with Gasteiger partial charge in [0, 0.05) is 24.2 Å². The Hall–Kier alpha value is -2.03. The summed E-state index contributed by atoms with van der Waals surface area (Å²) in [4.78, 5) is 30.1. The molecule has 2 heterocycles. The minimum Gasteiger partial charge on any atom is -0.298 e. The fourth-order valence-corrected chi connectivity index (χ4v) is 3.59. The van der Waals surface area contributed by atoms with E-state index in [1.54, 1.807) is 49.0 Å². The number of hydrogen-bond donors (Lipinski definition) is 1. The lowest BCUT2D eigenvalue weighted by atomic mass is 10.1. The quantitative estimate of drug-likeness (QED) is 0.672. The van der Waals surface area contributed by atoms with E-state index in [1.165, 1.54) is 28.0 Å². The van der Waals surface area contributed by atoms with Crippen molar-refractivity contribution in [1.29, 1.82) is 0 Å². The van der Waals surface area contributed by atoms with Crippen LogP contribution in [0, 0.1) is 0 Å². The van der Waals surface area contributed by atoms with Crippen LogP contribution in [0.15, 0.2) is 40.7 Å². The maximum Gasteiger partial charge on any atom is 0.265 e. The number of thiocarbonyl (C=S) groups is 1. The average molecular weight is 361 g/mol. The molecule has 1 aliphatic rings. The van der Waals surface area contributed by atoms with Crippen molar-refractivity contribution in [3.05, 3.63) is 51.9 Å². The number of amides is 2. The lowest BCUT2D eigenvalue weighted by Crippen LogP contribution is -2.22. The van der Waals surface area contributed by atoms with Crippen LogP contribution in [-0.2, 0) is 4.79 Å². The van der Waals surface area contributed by atoms with Crippen molar-refractivity contribution in [2.24, 2.45) is 0 Å². The largest absolute Gasteiger partial charge is 0.298 e. The zero-order valence-corrected chi connectivity index (χ0v) is 14.4. The Bertz CT molecular complexity index is 798. The first-order valence-electron chi connectivity index (χ1n) is 6.57. The van der Waals surface area contributed by atoms with Crippen molar-refractivity contribution in [2.75, 3.05) is 12.4 Å². The molecule has 0 atom stereocenters. The summed E-state index contributed by atoms with van der Waals surface area (Å²) in [6, 6.07) is 7.00. The molecule has 23 heavy (non-hydrogen) atoms. The van der Waals surface area contributed by atoms with Gasteiger partial charge in [0.25, 0.3) is 11.8 Å². The molecule has 0 aliphatic carbocycles. The standard InChI is InChI=1S/C15H11N3O2S3/c1-18-13(20)11(23-15(18)21)8-9-2-4-10(5-3-9)12(19)17-14-16-6-7-22-14/h2-8H,1H3,(H,16,17,19)/b11-8-. The van der Waals surface area contributed by atoms with E-state index in [4.69, 9.17) is 12.2 Å². The number of thioether (sulfide) groups is 1. The van der Waals surface area contributed by atoms with Crippen molar-refractivity contribution >= 4 is 62.7 Å². The third-order valence-corrected chi connectivity index (χ3v) is 5.28. The second-order valence-corrected chi connectivity index (χ2v) is 7.22. The molecule has 0 unspecified atom stereocenters. The highest BCUT2D eigenvalue weighted by molar-refractivity contribution is 8.26. The highest BCUT2D eigenvalue weighted by Crippen LogP contribution is 2.31. The van der Waals surface area contributed by atoms with Crippen molar-refractivity contribution < 1.29 is 9.59 Å². The lowest BCUT2D eigenvalue weighted by Gasteiger charge is -2.04. The highest BCUT2D eigenvalue weighted by Gasteiger charge is 2.28. The Morgan fingerprint density at radius 2 is 2.09 bits per heavy atom. The van der Waals surface area contributed by atoms with Gasteiger partial charge < -0.3 is 0 Å². The molecular weight excluding hydrogens is 350 g/mol. The fourth-order valence-electron chi connectivity index (χ4n) is 1.88. The molecule has 2 amide bonds. The summed E-state index contributed by atoms with van der Waals surface area (Å²) in [5, 5.41) is 5.08. The summed E-state index contributed by atoms with van der Waals surface area (Å²) in [5.41, 5.74) is 1.37. The van der Waals surface area contributed by atoms with E-state index >= 15 is 0 Å². The van der Waals surface area contributed by atoms with E-state index in [0.29, 0.717) is 19.9 Å². The maximum atomic E-state index is 12.1. The van der Waals surface area contributed by atoms with Gasteiger partial charge in [0.05, 0.1) is 4.91 Å². The van der Waals surface area contributed by atoms with Gasteiger partial charge in [-0.05, 0) is 23.8 Å². The predicted molar refractivity (Wildman–Crippen MR) is 97.4 cm³/mol. The minimum atomic E-state index is -0.216. The van der Waals surface area contributed by atoms with Crippen LogP contribution in [0.2, 0.25) is 0 Å². The second-order valence-electron chi connectivity index (χ2n) is 4.65. The normalized spacial score (nSPS) is 16.2. The number of thiazole rings is 1. The first-order valence-corrected chi connectivity index (χ1v) is 8.67. The first-order chi connectivity index (χ1) is 11.0. The summed E-state index contributed by atoms with van der Waals surface area (Å²) in [6.45, 7) is 0. The number of nitrogens with one attached hydrogen (secondary N) is 1. The molecule has 1 saturated heterocycles. The second kappa shape index (κ2) is 6.61. The van der Waals surface area contributed by atoms with Gasteiger partial charge in [-0.15, -0.1) is 11.3 Å².